The highest BCUT2D eigenvalue weighted by molar-refractivity contribution is 7.20. The van der Waals surface area contributed by atoms with Gasteiger partial charge in [-0.1, -0.05) is 78.9 Å². The average molecular weight is 509 g/mol. The van der Waals surface area contributed by atoms with Crippen LogP contribution in [0.3, 0.4) is 0 Å². The second-order valence-electron chi connectivity index (χ2n) is 7.67. The standard InChI is InChI=1S/C20H14O2.C10H6O2S2/c21-13-15-5-9-17(10-6-15)19-3-1-2-4-20(19)18-11-7-16(14-22)8-12-18;11-4-7-6-14-10(8(7)5-12)9-2-1-3-13-9/h1-14H;1-6H. The predicted octanol–water partition coefficient (Wildman–Crippen LogP) is 7.75. The molecule has 176 valence electrons. The van der Waals surface area contributed by atoms with Crippen LogP contribution in [0.2, 0.25) is 0 Å². The van der Waals surface area contributed by atoms with E-state index in [0.29, 0.717) is 22.3 Å². The van der Waals surface area contributed by atoms with E-state index < -0.39 is 0 Å². The summed E-state index contributed by atoms with van der Waals surface area (Å²) in [6.07, 6.45) is 3.15. The summed E-state index contributed by atoms with van der Waals surface area (Å²) in [5, 5.41) is 3.66. The van der Waals surface area contributed by atoms with Crippen LogP contribution in [-0.4, -0.2) is 25.1 Å². The topological polar surface area (TPSA) is 68.3 Å². The third kappa shape index (κ3) is 5.51. The lowest BCUT2D eigenvalue weighted by Gasteiger charge is -2.10. The van der Waals surface area contributed by atoms with Crippen molar-refractivity contribution < 1.29 is 19.2 Å². The van der Waals surface area contributed by atoms with E-state index in [2.05, 4.69) is 12.1 Å². The minimum absolute atomic E-state index is 0.480. The molecule has 0 N–H and O–H groups in total. The van der Waals surface area contributed by atoms with Crippen LogP contribution in [0.5, 0.6) is 0 Å². The third-order valence-electron chi connectivity index (χ3n) is 5.49. The fourth-order valence-corrected chi connectivity index (χ4v) is 5.53. The molecule has 0 amide bonds. The normalized spacial score (nSPS) is 10.1. The van der Waals surface area contributed by atoms with Crippen molar-refractivity contribution in [1.29, 1.82) is 0 Å². The first-order chi connectivity index (χ1) is 17.7. The average Bonchev–Trinajstić information content (AvgIpc) is 3.63. The molecule has 0 bridgehead atoms. The van der Waals surface area contributed by atoms with Gasteiger partial charge in [0.15, 0.2) is 12.6 Å². The fourth-order valence-electron chi connectivity index (χ4n) is 3.66. The molecule has 4 nitrogen and oxygen atoms in total. The summed E-state index contributed by atoms with van der Waals surface area (Å²) in [5.74, 6) is 0. The first-order valence-corrected chi connectivity index (χ1v) is 12.7. The van der Waals surface area contributed by atoms with Crippen LogP contribution < -0.4 is 0 Å². The van der Waals surface area contributed by atoms with Gasteiger partial charge in [-0.25, -0.2) is 0 Å². The molecule has 0 aliphatic carbocycles. The minimum atomic E-state index is 0.480. The molecule has 0 saturated heterocycles. The van der Waals surface area contributed by atoms with Crippen molar-refractivity contribution in [3.63, 3.8) is 0 Å². The van der Waals surface area contributed by atoms with Crippen LogP contribution in [0.4, 0.5) is 0 Å². The van der Waals surface area contributed by atoms with E-state index >= 15 is 0 Å². The van der Waals surface area contributed by atoms with Crippen LogP contribution in [0.1, 0.15) is 41.4 Å². The number of carbonyl (C=O) groups is 4. The zero-order valence-electron chi connectivity index (χ0n) is 19.0. The zero-order chi connectivity index (χ0) is 25.3. The molecular formula is C30H20O4S2. The van der Waals surface area contributed by atoms with Gasteiger partial charge >= 0.3 is 0 Å². The molecule has 0 saturated carbocycles. The smallest absolute Gasteiger partial charge is 0.152 e. The number of hydrogen-bond acceptors (Lipinski definition) is 6. The highest BCUT2D eigenvalue weighted by atomic mass is 32.1. The summed E-state index contributed by atoms with van der Waals surface area (Å²) in [5.41, 5.74) is 6.62. The summed E-state index contributed by atoms with van der Waals surface area (Å²) >= 11 is 3.00. The lowest BCUT2D eigenvalue weighted by Crippen LogP contribution is -1.87. The van der Waals surface area contributed by atoms with Crippen molar-refractivity contribution in [2.45, 2.75) is 0 Å². The van der Waals surface area contributed by atoms with Gasteiger partial charge in [0.2, 0.25) is 0 Å². The van der Waals surface area contributed by atoms with Crippen molar-refractivity contribution in [1.82, 2.24) is 0 Å². The Bertz CT molecular complexity index is 1410. The van der Waals surface area contributed by atoms with Crippen molar-refractivity contribution >= 4 is 47.8 Å². The Hall–Kier alpha value is -4.26. The van der Waals surface area contributed by atoms with Crippen LogP contribution in [0, 0.1) is 0 Å². The lowest BCUT2D eigenvalue weighted by atomic mass is 9.94. The molecule has 0 atom stereocenters. The molecule has 6 heteroatoms. The molecule has 0 aliphatic heterocycles. The molecule has 36 heavy (non-hydrogen) atoms. The number of benzene rings is 3. The Morgan fingerprint density at radius 2 is 1.08 bits per heavy atom. The summed E-state index contributed by atoms with van der Waals surface area (Å²) in [4.78, 5) is 44.9. The van der Waals surface area contributed by atoms with Crippen molar-refractivity contribution in [3.8, 4) is 32.0 Å². The van der Waals surface area contributed by atoms with Crippen molar-refractivity contribution in [2.75, 3.05) is 0 Å². The largest absolute Gasteiger partial charge is 0.298 e. The fraction of sp³-hybridized carbons (Fsp3) is 0. The Morgan fingerprint density at radius 1 is 0.528 bits per heavy atom. The van der Waals surface area contributed by atoms with E-state index in [1.807, 2.05) is 78.2 Å². The number of aldehydes is 4. The Balaban J connectivity index is 0.000000187. The first kappa shape index (κ1) is 24.9. The monoisotopic (exact) mass is 508 g/mol. The maximum Gasteiger partial charge on any atom is 0.152 e. The van der Waals surface area contributed by atoms with Crippen molar-refractivity contribution in [3.05, 3.63) is 118 Å². The van der Waals surface area contributed by atoms with E-state index in [1.54, 1.807) is 16.7 Å². The molecule has 0 fully saturated rings. The van der Waals surface area contributed by atoms with Gasteiger partial charge < -0.3 is 0 Å². The molecule has 3 aromatic carbocycles. The summed E-state index contributed by atoms with van der Waals surface area (Å²) < 4.78 is 0. The summed E-state index contributed by atoms with van der Waals surface area (Å²) in [7, 11) is 0. The maximum atomic E-state index is 10.8. The van der Waals surface area contributed by atoms with E-state index in [4.69, 9.17) is 0 Å². The summed E-state index contributed by atoms with van der Waals surface area (Å²) in [6, 6.07) is 27.0. The Kier molecular flexibility index (Phi) is 8.24. The molecule has 0 aliphatic rings. The van der Waals surface area contributed by atoms with Gasteiger partial charge in [-0.2, -0.15) is 0 Å². The third-order valence-corrected chi connectivity index (χ3v) is 7.56. The minimum Gasteiger partial charge on any atom is -0.298 e. The van der Waals surface area contributed by atoms with Gasteiger partial charge in [-0.15, -0.1) is 22.7 Å². The number of thiophene rings is 2. The van der Waals surface area contributed by atoms with Crippen LogP contribution in [0.25, 0.3) is 32.0 Å². The van der Waals surface area contributed by atoms with Gasteiger partial charge in [0.25, 0.3) is 0 Å². The van der Waals surface area contributed by atoms with Crippen LogP contribution in [-0.2, 0) is 0 Å². The number of rotatable bonds is 7. The van der Waals surface area contributed by atoms with Gasteiger partial charge in [0, 0.05) is 32.5 Å². The predicted molar refractivity (Wildman–Crippen MR) is 146 cm³/mol. The highest BCUT2D eigenvalue weighted by Gasteiger charge is 2.12. The van der Waals surface area contributed by atoms with E-state index in [1.165, 1.54) is 11.3 Å². The van der Waals surface area contributed by atoms with E-state index in [9.17, 15) is 19.2 Å². The molecule has 5 aromatic rings. The highest BCUT2D eigenvalue weighted by Crippen LogP contribution is 2.34. The SMILES string of the molecule is O=Cc1ccc(-c2ccccc2-c2ccc(C=O)cc2)cc1.O=Cc1csc(-c2cccs2)c1C=O. The molecule has 2 aromatic heterocycles. The number of carbonyl (C=O) groups excluding carboxylic acids is 4. The quantitative estimate of drug-likeness (QED) is 0.211. The molecule has 0 unspecified atom stereocenters. The first-order valence-electron chi connectivity index (χ1n) is 10.9. The second-order valence-corrected chi connectivity index (χ2v) is 9.50. The second kappa shape index (κ2) is 11.9. The van der Waals surface area contributed by atoms with Crippen molar-refractivity contribution in [2.24, 2.45) is 0 Å². The van der Waals surface area contributed by atoms with Gasteiger partial charge in [-0.05, 0) is 33.7 Å². The maximum absolute atomic E-state index is 10.8. The summed E-state index contributed by atoms with van der Waals surface area (Å²) in [6.45, 7) is 0. The number of hydrogen-bond donors (Lipinski definition) is 0. The Morgan fingerprint density at radius 3 is 1.50 bits per heavy atom. The van der Waals surface area contributed by atoms with Crippen LogP contribution in [0.15, 0.2) is 95.7 Å². The molecule has 0 radical (unpaired) electrons. The zero-order valence-corrected chi connectivity index (χ0v) is 20.6. The lowest BCUT2D eigenvalue weighted by molar-refractivity contribution is 0.109. The van der Waals surface area contributed by atoms with E-state index in [0.717, 1.165) is 57.2 Å². The Labute approximate surface area is 216 Å². The van der Waals surface area contributed by atoms with Gasteiger partial charge in [0.1, 0.15) is 12.6 Å². The van der Waals surface area contributed by atoms with Gasteiger partial charge in [-0.3, -0.25) is 19.2 Å². The molecule has 0 spiro atoms. The van der Waals surface area contributed by atoms with E-state index in [-0.39, 0.29) is 0 Å². The van der Waals surface area contributed by atoms with Crippen LogP contribution >= 0.6 is 22.7 Å². The van der Waals surface area contributed by atoms with Gasteiger partial charge in [0.05, 0.1) is 4.88 Å². The molecule has 2 heterocycles. The molecule has 5 rings (SSSR count). The molecular weight excluding hydrogens is 488 g/mol.